The number of esters is 1. The monoisotopic (exact) mass is 194 g/mol. The minimum Gasteiger partial charge on any atom is -0.472 e. The Bertz CT molecular complexity index is 363. The first-order chi connectivity index (χ1) is 6.68. The number of aliphatic hydroxyl groups excluding tert-OH is 1. The summed E-state index contributed by atoms with van der Waals surface area (Å²) < 4.78 is 9.77. The van der Waals surface area contributed by atoms with Crippen molar-refractivity contribution >= 4 is 5.97 Å². The van der Waals surface area contributed by atoms with Gasteiger partial charge in [0.2, 0.25) is 0 Å². The Labute approximate surface area is 80.8 Å². The lowest BCUT2D eigenvalue weighted by Gasteiger charge is -2.17. The molecular weight excluding hydrogens is 184 g/mol. The third-order valence-corrected chi connectivity index (χ3v) is 2.21. The number of carbonyl (C=O) groups is 1. The second-order valence-electron chi connectivity index (χ2n) is 3.25. The van der Waals surface area contributed by atoms with E-state index in [1.165, 1.54) is 18.6 Å². The number of cyclic esters (lactones) is 1. The molecule has 1 aromatic rings. The van der Waals surface area contributed by atoms with E-state index in [1.54, 1.807) is 13.0 Å². The normalized spacial score (nSPS) is 23.1. The van der Waals surface area contributed by atoms with E-state index in [2.05, 4.69) is 0 Å². The lowest BCUT2D eigenvalue weighted by atomic mass is 10.0. The summed E-state index contributed by atoms with van der Waals surface area (Å²) in [5.41, 5.74) is 1.33. The van der Waals surface area contributed by atoms with Crippen molar-refractivity contribution in [2.24, 2.45) is 0 Å². The summed E-state index contributed by atoms with van der Waals surface area (Å²) in [7, 11) is 0. The molecule has 1 N–H and O–H groups in total. The van der Waals surface area contributed by atoms with Gasteiger partial charge >= 0.3 is 5.97 Å². The zero-order chi connectivity index (χ0) is 10.1. The van der Waals surface area contributed by atoms with Crippen molar-refractivity contribution in [1.82, 2.24) is 0 Å². The van der Waals surface area contributed by atoms with Crippen molar-refractivity contribution in [3.8, 4) is 0 Å². The average molecular weight is 194 g/mol. The molecule has 0 aliphatic carbocycles. The second kappa shape index (κ2) is 3.31. The first-order valence-electron chi connectivity index (χ1n) is 4.27. The fourth-order valence-corrected chi connectivity index (χ4v) is 1.45. The van der Waals surface area contributed by atoms with Crippen LogP contribution in [-0.2, 0) is 9.53 Å². The van der Waals surface area contributed by atoms with Gasteiger partial charge in [-0.05, 0) is 18.6 Å². The molecule has 0 saturated heterocycles. The molecule has 0 bridgehead atoms. The van der Waals surface area contributed by atoms with Gasteiger partial charge in [-0.1, -0.05) is 0 Å². The third kappa shape index (κ3) is 1.44. The van der Waals surface area contributed by atoms with E-state index in [1.807, 2.05) is 0 Å². The van der Waals surface area contributed by atoms with Crippen molar-refractivity contribution in [2.75, 3.05) is 0 Å². The van der Waals surface area contributed by atoms with Crippen LogP contribution in [0.2, 0.25) is 0 Å². The van der Waals surface area contributed by atoms with E-state index in [9.17, 15) is 9.90 Å². The van der Waals surface area contributed by atoms with E-state index < -0.39 is 18.2 Å². The lowest BCUT2D eigenvalue weighted by molar-refractivity contribution is -0.143. The Morgan fingerprint density at radius 2 is 2.36 bits per heavy atom. The molecule has 2 rings (SSSR count). The number of furan rings is 1. The first-order valence-corrected chi connectivity index (χ1v) is 4.27. The van der Waals surface area contributed by atoms with Gasteiger partial charge < -0.3 is 14.3 Å². The maximum atomic E-state index is 10.9. The molecule has 0 amide bonds. The summed E-state index contributed by atoms with van der Waals surface area (Å²) in [6, 6.07) is 1.64. The van der Waals surface area contributed by atoms with Crippen LogP contribution in [0.25, 0.3) is 0 Å². The molecule has 0 radical (unpaired) electrons. The first kappa shape index (κ1) is 9.02. The molecule has 0 unspecified atom stereocenters. The molecule has 1 aliphatic heterocycles. The lowest BCUT2D eigenvalue weighted by Crippen LogP contribution is -2.20. The zero-order valence-electron chi connectivity index (χ0n) is 7.64. The van der Waals surface area contributed by atoms with Crippen LogP contribution in [0, 0.1) is 0 Å². The van der Waals surface area contributed by atoms with E-state index >= 15 is 0 Å². The van der Waals surface area contributed by atoms with Crippen molar-refractivity contribution < 1.29 is 19.1 Å². The summed E-state index contributed by atoms with van der Waals surface area (Å²) in [4.78, 5) is 10.9. The van der Waals surface area contributed by atoms with Gasteiger partial charge in [-0.2, -0.15) is 0 Å². The molecule has 0 spiro atoms. The summed E-state index contributed by atoms with van der Waals surface area (Å²) in [5, 5.41) is 9.82. The fraction of sp³-hybridized carbons (Fsp3) is 0.300. The Morgan fingerprint density at radius 1 is 1.57 bits per heavy atom. The molecule has 1 aliphatic rings. The van der Waals surface area contributed by atoms with Crippen LogP contribution < -0.4 is 0 Å². The fourth-order valence-electron chi connectivity index (χ4n) is 1.45. The Balaban J connectivity index is 2.18. The number of hydrogen-bond acceptors (Lipinski definition) is 4. The Morgan fingerprint density at radius 3 is 2.86 bits per heavy atom. The van der Waals surface area contributed by atoms with Gasteiger partial charge in [-0.25, -0.2) is 4.79 Å². The summed E-state index contributed by atoms with van der Waals surface area (Å²) >= 11 is 0. The number of rotatable bonds is 2. The maximum Gasteiger partial charge on any atom is 0.331 e. The minimum atomic E-state index is -0.851. The predicted octanol–water partition coefficient (Wildman–Crippen LogP) is 1.18. The Hall–Kier alpha value is -1.55. The van der Waals surface area contributed by atoms with Crippen LogP contribution in [0.3, 0.4) is 0 Å². The highest BCUT2D eigenvalue weighted by Crippen LogP contribution is 2.28. The van der Waals surface area contributed by atoms with Crippen LogP contribution >= 0.6 is 0 Å². The average Bonchev–Trinajstić information content (AvgIpc) is 2.73. The van der Waals surface area contributed by atoms with E-state index in [0.717, 1.165) is 5.57 Å². The van der Waals surface area contributed by atoms with Crippen LogP contribution in [0.4, 0.5) is 0 Å². The number of hydrogen-bond donors (Lipinski definition) is 1. The van der Waals surface area contributed by atoms with Gasteiger partial charge in [-0.3, -0.25) is 0 Å². The molecule has 14 heavy (non-hydrogen) atoms. The highest BCUT2D eigenvalue weighted by molar-refractivity contribution is 5.85. The van der Waals surface area contributed by atoms with E-state index in [0.29, 0.717) is 5.56 Å². The van der Waals surface area contributed by atoms with Gasteiger partial charge in [0, 0.05) is 11.6 Å². The van der Waals surface area contributed by atoms with Gasteiger partial charge in [0.25, 0.3) is 0 Å². The molecule has 0 saturated carbocycles. The largest absolute Gasteiger partial charge is 0.472 e. The van der Waals surface area contributed by atoms with Crippen molar-refractivity contribution in [3.63, 3.8) is 0 Å². The summed E-state index contributed by atoms with van der Waals surface area (Å²) in [5.74, 6) is -0.407. The Kier molecular flexibility index (Phi) is 2.13. The molecule has 0 fully saturated rings. The molecule has 2 atom stereocenters. The highest BCUT2D eigenvalue weighted by atomic mass is 16.6. The third-order valence-electron chi connectivity index (χ3n) is 2.21. The molecule has 74 valence electrons. The van der Waals surface area contributed by atoms with Crippen LogP contribution in [0.5, 0.6) is 0 Å². The smallest absolute Gasteiger partial charge is 0.331 e. The molecule has 1 aromatic heterocycles. The van der Waals surface area contributed by atoms with Gasteiger partial charge in [0.05, 0.1) is 12.5 Å². The molecule has 2 heterocycles. The van der Waals surface area contributed by atoms with Crippen LogP contribution in [0.1, 0.15) is 18.6 Å². The van der Waals surface area contributed by atoms with Crippen LogP contribution in [0.15, 0.2) is 34.7 Å². The topological polar surface area (TPSA) is 59.7 Å². The van der Waals surface area contributed by atoms with Crippen molar-refractivity contribution in [1.29, 1.82) is 0 Å². The van der Waals surface area contributed by atoms with E-state index in [4.69, 9.17) is 9.15 Å². The van der Waals surface area contributed by atoms with Crippen LogP contribution in [-0.4, -0.2) is 17.2 Å². The molecule has 4 nitrogen and oxygen atoms in total. The van der Waals surface area contributed by atoms with E-state index in [-0.39, 0.29) is 0 Å². The minimum absolute atomic E-state index is 0.407. The summed E-state index contributed by atoms with van der Waals surface area (Å²) in [6.07, 6.45) is 2.85. The number of carbonyl (C=O) groups excluding carboxylic acids is 1. The number of aliphatic hydroxyl groups is 1. The maximum absolute atomic E-state index is 10.9. The second-order valence-corrected chi connectivity index (χ2v) is 3.25. The SMILES string of the molecule is CC1=CC(=O)O[C@@H]1[C@H](O)c1ccoc1. The summed E-state index contributed by atoms with van der Waals surface area (Å²) in [6.45, 7) is 1.75. The molecule has 4 heteroatoms. The number of ether oxygens (including phenoxy) is 1. The predicted molar refractivity (Wildman–Crippen MR) is 47.3 cm³/mol. The van der Waals surface area contributed by atoms with Gasteiger partial charge in [-0.15, -0.1) is 0 Å². The standard InChI is InChI=1S/C10H10O4/c1-6-4-8(11)14-10(6)9(12)7-2-3-13-5-7/h2-5,9-10,12H,1H3/t9-,10+/m1/s1. The zero-order valence-corrected chi connectivity index (χ0v) is 7.64. The van der Waals surface area contributed by atoms with Gasteiger partial charge in [0.1, 0.15) is 6.10 Å². The van der Waals surface area contributed by atoms with Crippen molar-refractivity contribution in [3.05, 3.63) is 35.8 Å². The van der Waals surface area contributed by atoms with Crippen molar-refractivity contribution in [2.45, 2.75) is 19.1 Å². The molecule has 0 aromatic carbocycles. The highest BCUT2D eigenvalue weighted by Gasteiger charge is 2.31. The quantitative estimate of drug-likeness (QED) is 0.718. The van der Waals surface area contributed by atoms with Gasteiger partial charge in [0.15, 0.2) is 6.10 Å². The molecular formula is C10H10O4.